The van der Waals surface area contributed by atoms with E-state index >= 15 is 0 Å². The standard InChI is InChI=1S/C10H16N2OSi/c1-5-10-8-11-12(9-10)13-6-7-14(2,3)4/h1,8-9H,6-7H2,2-4H3. The average Bonchev–Trinajstić information content (AvgIpc) is 2.50. The van der Waals surface area contributed by atoms with Gasteiger partial charge in [-0.3, -0.25) is 0 Å². The number of terminal acetylenes is 1. The second kappa shape index (κ2) is 4.34. The van der Waals surface area contributed by atoms with E-state index in [0.717, 1.165) is 11.6 Å². The minimum atomic E-state index is -1.02. The smallest absolute Gasteiger partial charge is 0.114 e. The van der Waals surface area contributed by atoms with E-state index in [1.165, 1.54) is 4.85 Å². The Labute approximate surface area is 86.0 Å². The molecule has 0 amide bonds. The number of hydrogen-bond acceptors (Lipinski definition) is 2. The molecule has 0 aromatic carbocycles. The number of aromatic nitrogens is 2. The monoisotopic (exact) mass is 208 g/mol. The first-order valence-corrected chi connectivity index (χ1v) is 8.36. The molecule has 0 spiro atoms. The van der Waals surface area contributed by atoms with Crippen molar-refractivity contribution in [2.24, 2.45) is 0 Å². The largest absolute Gasteiger partial charge is 0.397 e. The summed E-state index contributed by atoms with van der Waals surface area (Å²) in [6.07, 6.45) is 8.54. The molecule has 0 radical (unpaired) electrons. The minimum absolute atomic E-state index is 0.710. The van der Waals surface area contributed by atoms with Gasteiger partial charge in [0, 0.05) is 8.07 Å². The van der Waals surface area contributed by atoms with Gasteiger partial charge in [0.15, 0.2) is 0 Å². The summed E-state index contributed by atoms with van der Waals surface area (Å²) >= 11 is 0. The molecule has 1 heterocycles. The van der Waals surface area contributed by atoms with Crippen LogP contribution in [-0.4, -0.2) is 24.6 Å². The van der Waals surface area contributed by atoms with Gasteiger partial charge in [0.2, 0.25) is 0 Å². The van der Waals surface area contributed by atoms with Crippen molar-refractivity contribution < 1.29 is 4.84 Å². The highest BCUT2D eigenvalue weighted by Crippen LogP contribution is 2.06. The molecule has 0 atom stereocenters. The van der Waals surface area contributed by atoms with Crippen molar-refractivity contribution >= 4 is 8.07 Å². The zero-order chi connectivity index (χ0) is 10.6. The molecule has 0 aliphatic rings. The van der Waals surface area contributed by atoms with Crippen molar-refractivity contribution in [1.29, 1.82) is 0 Å². The fourth-order valence-electron chi connectivity index (χ4n) is 0.895. The van der Waals surface area contributed by atoms with Gasteiger partial charge in [0.05, 0.1) is 18.0 Å². The summed E-state index contributed by atoms with van der Waals surface area (Å²) in [5, 5.41) is 3.97. The van der Waals surface area contributed by atoms with E-state index in [9.17, 15) is 0 Å². The molecule has 14 heavy (non-hydrogen) atoms. The van der Waals surface area contributed by atoms with Gasteiger partial charge in [0.1, 0.15) is 6.61 Å². The van der Waals surface area contributed by atoms with Crippen LogP contribution >= 0.6 is 0 Å². The SMILES string of the molecule is C#Cc1cnn(OCC[Si](C)(C)C)c1. The predicted octanol–water partition coefficient (Wildman–Crippen LogP) is 1.63. The van der Waals surface area contributed by atoms with Crippen LogP contribution in [0.3, 0.4) is 0 Å². The van der Waals surface area contributed by atoms with Crippen LogP contribution in [0.15, 0.2) is 12.4 Å². The first-order valence-electron chi connectivity index (χ1n) is 4.66. The molecule has 3 nitrogen and oxygen atoms in total. The lowest BCUT2D eigenvalue weighted by Crippen LogP contribution is -2.25. The van der Waals surface area contributed by atoms with Gasteiger partial charge in [-0.25, -0.2) is 0 Å². The van der Waals surface area contributed by atoms with Crippen LogP contribution < -0.4 is 4.84 Å². The second-order valence-corrected chi connectivity index (χ2v) is 10.0. The van der Waals surface area contributed by atoms with Gasteiger partial charge in [-0.15, -0.1) is 16.4 Å². The normalized spacial score (nSPS) is 11.0. The Balaban J connectivity index is 2.36. The van der Waals surface area contributed by atoms with Crippen molar-refractivity contribution in [2.45, 2.75) is 25.7 Å². The van der Waals surface area contributed by atoms with E-state index in [4.69, 9.17) is 11.3 Å². The summed E-state index contributed by atoms with van der Waals surface area (Å²) in [6, 6.07) is 1.12. The number of nitrogens with zero attached hydrogens (tertiary/aromatic N) is 2. The van der Waals surface area contributed by atoms with E-state index in [1.54, 1.807) is 12.4 Å². The molecule has 76 valence electrons. The fraction of sp³-hybridized carbons (Fsp3) is 0.500. The first-order chi connectivity index (χ1) is 6.51. The third-order valence-electron chi connectivity index (χ3n) is 1.80. The second-order valence-electron chi connectivity index (χ2n) is 4.42. The zero-order valence-corrected chi connectivity index (χ0v) is 9.95. The van der Waals surface area contributed by atoms with Gasteiger partial charge in [-0.05, 0) is 6.04 Å². The molecule has 0 unspecified atom stereocenters. The van der Waals surface area contributed by atoms with Gasteiger partial charge >= 0.3 is 0 Å². The lowest BCUT2D eigenvalue weighted by molar-refractivity contribution is 0.0921. The molecule has 0 aliphatic heterocycles. The van der Waals surface area contributed by atoms with Crippen LogP contribution in [0, 0.1) is 12.3 Å². The van der Waals surface area contributed by atoms with Crippen LogP contribution in [-0.2, 0) is 0 Å². The molecule has 1 rings (SSSR count). The molecule has 0 saturated carbocycles. The van der Waals surface area contributed by atoms with E-state index in [2.05, 4.69) is 30.7 Å². The number of rotatable bonds is 4. The van der Waals surface area contributed by atoms with Gasteiger partial charge in [0.25, 0.3) is 0 Å². The lowest BCUT2D eigenvalue weighted by Gasteiger charge is -2.15. The van der Waals surface area contributed by atoms with Gasteiger partial charge < -0.3 is 4.84 Å². The van der Waals surface area contributed by atoms with Crippen molar-refractivity contribution in [3.63, 3.8) is 0 Å². The predicted molar refractivity (Wildman–Crippen MR) is 59.8 cm³/mol. The third kappa shape index (κ3) is 3.67. The van der Waals surface area contributed by atoms with Crippen LogP contribution in [0.25, 0.3) is 0 Å². The maximum atomic E-state index is 5.41. The maximum Gasteiger partial charge on any atom is 0.114 e. The first kappa shape index (κ1) is 10.9. The molecular formula is C10H16N2OSi. The van der Waals surface area contributed by atoms with Crippen molar-refractivity contribution in [3.05, 3.63) is 18.0 Å². The topological polar surface area (TPSA) is 27.1 Å². The van der Waals surface area contributed by atoms with E-state index < -0.39 is 8.07 Å². The highest BCUT2D eigenvalue weighted by molar-refractivity contribution is 6.76. The Hall–Kier alpha value is -1.21. The molecule has 4 heteroatoms. The third-order valence-corrected chi connectivity index (χ3v) is 3.51. The zero-order valence-electron chi connectivity index (χ0n) is 8.95. The number of hydrogen-bond donors (Lipinski definition) is 0. The van der Waals surface area contributed by atoms with E-state index in [-0.39, 0.29) is 0 Å². The summed E-state index contributed by atoms with van der Waals surface area (Å²) < 4.78 is 0. The average molecular weight is 208 g/mol. The summed E-state index contributed by atoms with van der Waals surface area (Å²) in [5.41, 5.74) is 0.748. The molecular weight excluding hydrogens is 192 g/mol. The Kier molecular flexibility index (Phi) is 3.36. The summed E-state index contributed by atoms with van der Waals surface area (Å²) in [6.45, 7) is 7.65. The molecule has 0 saturated heterocycles. The van der Waals surface area contributed by atoms with Crippen LogP contribution in [0.2, 0.25) is 25.7 Å². The Morgan fingerprint density at radius 1 is 1.57 bits per heavy atom. The molecule has 0 aliphatic carbocycles. The summed E-state index contributed by atoms with van der Waals surface area (Å²) in [7, 11) is -1.02. The molecule has 0 N–H and O–H groups in total. The van der Waals surface area contributed by atoms with Crippen LogP contribution in [0.5, 0.6) is 0 Å². The van der Waals surface area contributed by atoms with Gasteiger partial charge in [-0.1, -0.05) is 25.6 Å². The van der Waals surface area contributed by atoms with Crippen molar-refractivity contribution in [1.82, 2.24) is 9.94 Å². The molecule has 0 bridgehead atoms. The summed E-state index contributed by atoms with van der Waals surface area (Å²) in [4.78, 5) is 6.85. The summed E-state index contributed by atoms with van der Waals surface area (Å²) in [5.74, 6) is 2.50. The fourth-order valence-corrected chi connectivity index (χ4v) is 1.60. The molecule has 1 aromatic heterocycles. The molecule has 1 aromatic rings. The molecule has 0 fully saturated rings. The van der Waals surface area contributed by atoms with Crippen molar-refractivity contribution in [2.75, 3.05) is 6.61 Å². The minimum Gasteiger partial charge on any atom is -0.397 e. The highest BCUT2D eigenvalue weighted by Gasteiger charge is 2.12. The Bertz CT molecular complexity index is 333. The van der Waals surface area contributed by atoms with Crippen LogP contribution in [0.1, 0.15) is 5.56 Å². The van der Waals surface area contributed by atoms with Crippen LogP contribution in [0.4, 0.5) is 0 Å². The van der Waals surface area contributed by atoms with Crippen molar-refractivity contribution in [3.8, 4) is 12.3 Å². The quantitative estimate of drug-likeness (QED) is 0.555. The van der Waals surface area contributed by atoms with E-state index in [0.29, 0.717) is 6.61 Å². The Morgan fingerprint density at radius 3 is 2.79 bits per heavy atom. The lowest BCUT2D eigenvalue weighted by atomic mass is 10.4. The maximum absolute atomic E-state index is 5.41. The Morgan fingerprint density at radius 2 is 2.29 bits per heavy atom. The van der Waals surface area contributed by atoms with Gasteiger partial charge in [-0.2, -0.15) is 0 Å². The van der Waals surface area contributed by atoms with E-state index in [1.807, 2.05) is 0 Å². The highest BCUT2D eigenvalue weighted by atomic mass is 28.3.